The number of likely N-dealkylation sites (tertiary alicyclic amines) is 1. The van der Waals surface area contributed by atoms with Gasteiger partial charge in [-0.2, -0.15) is 0 Å². The van der Waals surface area contributed by atoms with Gasteiger partial charge in [0.2, 0.25) is 0 Å². The summed E-state index contributed by atoms with van der Waals surface area (Å²) in [4.78, 5) is 2.39. The largest absolute Gasteiger partial charge is 0.388 e. The molecule has 0 aliphatic carbocycles. The summed E-state index contributed by atoms with van der Waals surface area (Å²) >= 11 is 0. The van der Waals surface area contributed by atoms with E-state index in [1.54, 1.807) is 0 Å². The van der Waals surface area contributed by atoms with Crippen LogP contribution in [-0.4, -0.2) is 40.8 Å². The van der Waals surface area contributed by atoms with Gasteiger partial charge in [-0.1, -0.05) is 6.42 Å². The second kappa shape index (κ2) is 4.60. The Kier molecular flexibility index (Phi) is 3.93. The predicted octanol–water partition coefficient (Wildman–Crippen LogP) is 0.959. The van der Waals surface area contributed by atoms with Gasteiger partial charge in [0.1, 0.15) is 0 Å². The highest BCUT2D eigenvalue weighted by atomic mass is 16.3. The van der Waals surface area contributed by atoms with E-state index in [0.717, 1.165) is 0 Å². The van der Waals surface area contributed by atoms with Gasteiger partial charge in [-0.25, -0.2) is 0 Å². The summed E-state index contributed by atoms with van der Waals surface area (Å²) in [6, 6.07) is 1.16. The quantitative estimate of drug-likeness (QED) is 0.713. The Morgan fingerprint density at radius 2 is 1.86 bits per heavy atom. The Balaban J connectivity index is 2.56. The second-order valence-corrected chi connectivity index (χ2v) is 5.00. The van der Waals surface area contributed by atoms with E-state index in [4.69, 9.17) is 5.73 Å². The zero-order valence-corrected chi connectivity index (χ0v) is 9.66. The summed E-state index contributed by atoms with van der Waals surface area (Å²) in [5.41, 5.74) is 4.80. The van der Waals surface area contributed by atoms with Crippen molar-refractivity contribution in [3.05, 3.63) is 0 Å². The molecule has 0 aromatic carbocycles. The predicted molar refractivity (Wildman–Crippen MR) is 59.2 cm³/mol. The molecular formula is C11H24N2O. The van der Waals surface area contributed by atoms with E-state index in [0.29, 0.717) is 25.2 Å². The van der Waals surface area contributed by atoms with E-state index in [9.17, 15) is 5.11 Å². The van der Waals surface area contributed by atoms with Gasteiger partial charge in [0.25, 0.3) is 0 Å². The first-order valence-corrected chi connectivity index (χ1v) is 5.64. The van der Waals surface area contributed by atoms with Crippen LogP contribution in [0, 0.1) is 0 Å². The Morgan fingerprint density at radius 1 is 1.36 bits per heavy atom. The van der Waals surface area contributed by atoms with Crippen LogP contribution in [0.4, 0.5) is 0 Å². The zero-order valence-electron chi connectivity index (χ0n) is 9.66. The summed E-state index contributed by atoms with van der Waals surface area (Å²) in [5, 5.41) is 9.94. The van der Waals surface area contributed by atoms with E-state index >= 15 is 0 Å². The Hall–Kier alpha value is -0.120. The molecule has 3 nitrogen and oxygen atoms in total. The molecule has 1 aliphatic rings. The van der Waals surface area contributed by atoms with Gasteiger partial charge in [0.05, 0.1) is 5.60 Å². The fraction of sp³-hybridized carbons (Fsp3) is 1.00. The summed E-state index contributed by atoms with van der Waals surface area (Å²) in [6.45, 7) is 7.33. The number of hydrogen-bond donors (Lipinski definition) is 2. The number of β-amino-alcohol motifs (C(OH)–C–C–N with tert-alkyl or cyclic N) is 1. The first-order chi connectivity index (χ1) is 6.46. The molecule has 14 heavy (non-hydrogen) atoms. The fourth-order valence-electron chi connectivity index (χ4n) is 2.24. The maximum atomic E-state index is 9.94. The van der Waals surface area contributed by atoms with Crippen molar-refractivity contribution in [3.63, 3.8) is 0 Å². The van der Waals surface area contributed by atoms with E-state index in [2.05, 4.69) is 18.7 Å². The number of piperidine rings is 1. The fourth-order valence-corrected chi connectivity index (χ4v) is 2.24. The molecule has 0 bridgehead atoms. The highest BCUT2D eigenvalue weighted by molar-refractivity contribution is 4.86. The van der Waals surface area contributed by atoms with Gasteiger partial charge in [-0.15, -0.1) is 0 Å². The molecule has 3 N–H and O–H groups in total. The van der Waals surface area contributed by atoms with Crippen LogP contribution in [0.5, 0.6) is 0 Å². The second-order valence-electron chi connectivity index (χ2n) is 5.00. The van der Waals surface area contributed by atoms with E-state index < -0.39 is 5.60 Å². The Bertz CT molecular complexity index is 172. The molecule has 1 fully saturated rings. The maximum absolute atomic E-state index is 9.94. The van der Waals surface area contributed by atoms with E-state index in [-0.39, 0.29) is 0 Å². The number of nitrogens with two attached hydrogens (primary N) is 1. The minimum absolute atomic E-state index is 0.336. The monoisotopic (exact) mass is 200 g/mol. The van der Waals surface area contributed by atoms with Crippen LogP contribution in [0.2, 0.25) is 0 Å². The molecule has 3 unspecified atom stereocenters. The maximum Gasteiger partial charge on any atom is 0.0867 e. The summed E-state index contributed by atoms with van der Waals surface area (Å²) < 4.78 is 0. The molecule has 1 heterocycles. The topological polar surface area (TPSA) is 49.5 Å². The lowest BCUT2D eigenvalue weighted by molar-refractivity contribution is -0.0128. The van der Waals surface area contributed by atoms with Crippen molar-refractivity contribution in [1.82, 2.24) is 4.90 Å². The molecule has 1 aliphatic heterocycles. The first-order valence-electron chi connectivity index (χ1n) is 5.64. The number of aliphatic hydroxyl groups is 1. The summed E-state index contributed by atoms with van der Waals surface area (Å²) in [5.74, 6) is 0. The van der Waals surface area contributed by atoms with Crippen LogP contribution in [-0.2, 0) is 0 Å². The Labute approximate surface area is 87.3 Å². The molecule has 0 amide bonds. The normalized spacial score (nSPS) is 34.1. The van der Waals surface area contributed by atoms with E-state index in [1.807, 2.05) is 6.92 Å². The number of hydrogen-bond acceptors (Lipinski definition) is 3. The minimum Gasteiger partial charge on any atom is -0.388 e. The van der Waals surface area contributed by atoms with Crippen molar-refractivity contribution in [3.8, 4) is 0 Å². The van der Waals surface area contributed by atoms with Crippen molar-refractivity contribution < 1.29 is 5.11 Å². The lowest BCUT2D eigenvalue weighted by Gasteiger charge is -2.42. The molecule has 0 radical (unpaired) electrons. The minimum atomic E-state index is -0.736. The van der Waals surface area contributed by atoms with Crippen LogP contribution in [0.1, 0.15) is 40.0 Å². The number of rotatable bonds is 3. The molecule has 0 aromatic rings. The van der Waals surface area contributed by atoms with Crippen molar-refractivity contribution >= 4 is 0 Å². The third kappa shape index (κ3) is 2.94. The van der Waals surface area contributed by atoms with Crippen LogP contribution in [0.15, 0.2) is 0 Å². The van der Waals surface area contributed by atoms with Gasteiger partial charge in [-0.3, -0.25) is 4.90 Å². The summed E-state index contributed by atoms with van der Waals surface area (Å²) in [7, 11) is 0. The van der Waals surface area contributed by atoms with Crippen molar-refractivity contribution in [2.24, 2.45) is 5.73 Å². The third-order valence-electron chi connectivity index (χ3n) is 3.34. The van der Waals surface area contributed by atoms with Crippen LogP contribution >= 0.6 is 0 Å². The van der Waals surface area contributed by atoms with Gasteiger partial charge >= 0.3 is 0 Å². The van der Waals surface area contributed by atoms with Crippen molar-refractivity contribution in [1.29, 1.82) is 0 Å². The van der Waals surface area contributed by atoms with Crippen LogP contribution in [0.25, 0.3) is 0 Å². The standard InChI is InChI=1S/C11H24N2O/c1-9-5-4-6-10(2)13(9)8-11(3,14)7-12/h9-10,14H,4-8,12H2,1-3H3. The van der Waals surface area contributed by atoms with Gasteiger partial charge in [0, 0.05) is 25.2 Å². The van der Waals surface area contributed by atoms with Crippen LogP contribution in [0.3, 0.4) is 0 Å². The SMILES string of the molecule is CC1CCCC(C)N1CC(C)(O)CN. The van der Waals surface area contributed by atoms with Crippen LogP contribution < -0.4 is 5.73 Å². The van der Waals surface area contributed by atoms with Crippen molar-refractivity contribution in [2.45, 2.75) is 57.7 Å². The molecule has 0 aromatic heterocycles. The van der Waals surface area contributed by atoms with Gasteiger partial charge in [0.15, 0.2) is 0 Å². The average Bonchev–Trinajstić information content (AvgIpc) is 2.12. The average molecular weight is 200 g/mol. The molecule has 3 atom stereocenters. The first kappa shape index (κ1) is 12.0. The molecule has 1 rings (SSSR count). The van der Waals surface area contributed by atoms with Crippen molar-refractivity contribution in [2.75, 3.05) is 13.1 Å². The van der Waals surface area contributed by atoms with E-state index in [1.165, 1.54) is 19.3 Å². The van der Waals surface area contributed by atoms with Gasteiger partial charge < -0.3 is 10.8 Å². The molecule has 1 saturated heterocycles. The highest BCUT2D eigenvalue weighted by Gasteiger charge is 2.30. The highest BCUT2D eigenvalue weighted by Crippen LogP contribution is 2.24. The number of nitrogens with zero attached hydrogens (tertiary/aromatic N) is 1. The lowest BCUT2D eigenvalue weighted by Crippen LogP contribution is -2.53. The lowest BCUT2D eigenvalue weighted by atomic mass is 9.95. The molecule has 0 saturated carbocycles. The summed E-state index contributed by atoms with van der Waals surface area (Å²) in [6.07, 6.45) is 3.79. The molecule has 84 valence electrons. The third-order valence-corrected chi connectivity index (χ3v) is 3.34. The molecular weight excluding hydrogens is 176 g/mol. The smallest absolute Gasteiger partial charge is 0.0867 e. The Morgan fingerprint density at radius 3 is 2.29 bits per heavy atom. The molecule has 3 heteroatoms. The zero-order chi connectivity index (χ0) is 10.8. The van der Waals surface area contributed by atoms with Gasteiger partial charge in [-0.05, 0) is 33.6 Å². The molecule has 0 spiro atoms.